The number of para-hydroxylation sites is 1. The van der Waals surface area contributed by atoms with E-state index in [2.05, 4.69) is 78.5 Å². The summed E-state index contributed by atoms with van der Waals surface area (Å²) in [5.74, 6) is 1.41. The number of nitrogens with zero attached hydrogens (tertiary/aromatic N) is 4. The Hall–Kier alpha value is -4.58. The standard InChI is InChI=1S/C33H33N5O/c1-23(2)26-16-18-27(19-17-26)31-30-15-10-20-36(30)32-29(24(3)35-38(32)28-13-8-5-9-14-28)22-37(31)33(39)34-21-25-11-6-4-7-12-25/h4-20,23,31H,21-22H2,1-3H3,(H,34,39). The summed E-state index contributed by atoms with van der Waals surface area (Å²) in [6.07, 6.45) is 2.08. The highest BCUT2D eigenvalue weighted by molar-refractivity contribution is 5.76. The van der Waals surface area contributed by atoms with Gasteiger partial charge < -0.3 is 14.8 Å². The highest BCUT2D eigenvalue weighted by atomic mass is 16.2. The SMILES string of the molecule is Cc1nn(-c2ccccc2)c2c1CN(C(=O)NCc1ccccc1)C(c1ccc(C(C)C)cc1)c1cccn1-2. The van der Waals surface area contributed by atoms with Crippen LogP contribution in [0.3, 0.4) is 0 Å². The zero-order valence-corrected chi connectivity index (χ0v) is 22.6. The maximum atomic E-state index is 14.0. The molecule has 196 valence electrons. The van der Waals surface area contributed by atoms with E-state index in [0.29, 0.717) is 19.0 Å². The molecule has 2 aromatic heterocycles. The number of aromatic nitrogens is 3. The first kappa shape index (κ1) is 24.7. The van der Waals surface area contributed by atoms with Gasteiger partial charge in [-0.15, -0.1) is 0 Å². The molecule has 1 N–H and O–H groups in total. The fraction of sp³-hybridized carbons (Fsp3) is 0.212. The van der Waals surface area contributed by atoms with Crippen molar-refractivity contribution in [1.82, 2.24) is 24.6 Å². The molecule has 3 aromatic carbocycles. The van der Waals surface area contributed by atoms with E-state index in [1.54, 1.807) is 0 Å². The van der Waals surface area contributed by atoms with Crippen molar-refractivity contribution < 1.29 is 4.79 Å². The minimum atomic E-state index is -0.270. The number of aryl methyl sites for hydroxylation is 1. The average Bonchev–Trinajstić information content (AvgIpc) is 3.53. The Kier molecular flexibility index (Phi) is 6.53. The summed E-state index contributed by atoms with van der Waals surface area (Å²) >= 11 is 0. The second-order valence-electron chi connectivity index (χ2n) is 10.4. The van der Waals surface area contributed by atoms with Gasteiger partial charge in [0.2, 0.25) is 0 Å². The van der Waals surface area contributed by atoms with E-state index < -0.39 is 0 Å². The Morgan fingerprint density at radius 1 is 0.923 bits per heavy atom. The Morgan fingerprint density at radius 2 is 1.62 bits per heavy atom. The number of amides is 2. The lowest BCUT2D eigenvalue weighted by Gasteiger charge is -2.31. The van der Waals surface area contributed by atoms with Crippen LogP contribution in [0.15, 0.2) is 103 Å². The van der Waals surface area contributed by atoms with E-state index in [-0.39, 0.29) is 12.1 Å². The Morgan fingerprint density at radius 3 is 2.31 bits per heavy atom. The quantitative estimate of drug-likeness (QED) is 0.277. The smallest absolute Gasteiger partial charge is 0.318 e. The molecule has 1 unspecified atom stereocenters. The molecule has 1 aliphatic rings. The van der Waals surface area contributed by atoms with Crippen molar-refractivity contribution in [2.75, 3.05) is 0 Å². The molecular weight excluding hydrogens is 482 g/mol. The number of carbonyl (C=O) groups excluding carboxylic acids is 1. The van der Waals surface area contributed by atoms with Gasteiger partial charge in [0.15, 0.2) is 0 Å². The molecule has 2 amide bonds. The number of nitrogens with one attached hydrogen (secondary N) is 1. The first-order valence-corrected chi connectivity index (χ1v) is 13.5. The van der Waals surface area contributed by atoms with Crippen LogP contribution in [0, 0.1) is 6.92 Å². The molecule has 6 heteroatoms. The molecule has 0 radical (unpaired) electrons. The lowest BCUT2D eigenvalue weighted by Crippen LogP contribution is -2.41. The summed E-state index contributed by atoms with van der Waals surface area (Å²) in [4.78, 5) is 15.9. The number of hydrogen-bond acceptors (Lipinski definition) is 2. The first-order valence-electron chi connectivity index (χ1n) is 13.5. The minimum absolute atomic E-state index is 0.107. The average molecular weight is 516 g/mol. The van der Waals surface area contributed by atoms with Gasteiger partial charge in [-0.3, -0.25) is 0 Å². The number of fused-ring (bicyclic) bond motifs is 3. The molecule has 0 spiro atoms. The van der Waals surface area contributed by atoms with Crippen molar-refractivity contribution in [3.05, 3.63) is 137 Å². The molecule has 0 fully saturated rings. The van der Waals surface area contributed by atoms with Crippen molar-refractivity contribution in [3.63, 3.8) is 0 Å². The highest BCUT2D eigenvalue weighted by Crippen LogP contribution is 2.38. The number of benzene rings is 3. The van der Waals surface area contributed by atoms with Crippen LogP contribution < -0.4 is 5.32 Å². The molecular formula is C33H33N5O. The molecule has 0 saturated carbocycles. The highest BCUT2D eigenvalue weighted by Gasteiger charge is 2.36. The van der Waals surface area contributed by atoms with Gasteiger partial charge in [-0.05, 0) is 53.8 Å². The van der Waals surface area contributed by atoms with Gasteiger partial charge in [-0.25, -0.2) is 9.48 Å². The van der Waals surface area contributed by atoms with Gasteiger partial charge in [0.05, 0.1) is 29.7 Å². The van der Waals surface area contributed by atoms with Gasteiger partial charge in [0, 0.05) is 18.3 Å². The number of urea groups is 1. The Bertz CT molecular complexity index is 1580. The van der Waals surface area contributed by atoms with Crippen LogP contribution in [0.25, 0.3) is 11.5 Å². The maximum Gasteiger partial charge on any atom is 0.318 e. The summed E-state index contributed by atoms with van der Waals surface area (Å²) in [5.41, 5.74) is 7.38. The van der Waals surface area contributed by atoms with Crippen LogP contribution in [-0.2, 0) is 13.1 Å². The predicted molar refractivity (Wildman–Crippen MR) is 154 cm³/mol. The zero-order valence-electron chi connectivity index (χ0n) is 22.6. The Labute approximate surface area is 229 Å². The fourth-order valence-electron chi connectivity index (χ4n) is 5.44. The molecule has 0 saturated heterocycles. The third-order valence-electron chi connectivity index (χ3n) is 7.55. The van der Waals surface area contributed by atoms with Gasteiger partial charge in [-0.1, -0.05) is 86.6 Å². The second kappa shape index (κ2) is 10.3. The molecule has 3 heterocycles. The monoisotopic (exact) mass is 515 g/mol. The topological polar surface area (TPSA) is 55.1 Å². The third-order valence-corrected chi connectivity index (χ3v) is 7.55. The van der Waals surface area contributed by atoms with E-state index in [4.69, 9.17) is 5.10 Å². The molecule has 39 heavy (non-hydrogen) atoms. The Balaban J connectivity index is 1.48. The van der Waals surface area contributed by atoms with E-state index in [9.17, 15) is 4.79 Å². The summed E-state index contributed by atoms with van der Waals surface area (Å²) in [6.45, 7) is 7.32. The first-order chi connectivity index (χ1) is 19.0. The molecule has 5 aromatic rings. The molecule has 0 aliphatic carbocycles. The van der Waals surface area contributed by atoms with Crippen LogP contribution >= 0.6 is 0 Å². The molecule has 1 atom stereocenters. The van der Waals surface area contributed by atoms with Crippen LogP contribution in [0.4, 0.5) is 4.79 Å². The van der Waals surface area contributed by atoms with Crippen molar-refractivity contribution in [1.29, 1.82) is 0 Å². The molecule has 6 nitrogen and oxygen atoms in total. The van der Waals surface area contributed by atoms with Crippen LogP contribution in [0.1, 0.15) is 59.4 Å². The maximum absolute atomic E-state index is 14.0. The van der Waals surface area contributed by atoms with Crippen LogP contribution in [-0.4, -0.2) is 25.3 Å². The van der Waals surface area contributed by atoms with Crippen molar-refractivity contribution >= 4 is 6.03 Å². The van der Waals surface area contributed by atoms with Crippen LogP contribution in [0.5, 0.6) is 0 Å². The third kappa shape index (κ3) is 4.63. The van der Waals surface area contributed by atoms with Gasteiger partial charge in [0.1, 0.15) is 5.82 Å². The molecule has 0 bridgehead atoms. The largest absolute Gasteiger partial charge is 0.334 e. The fourth-order valence-corrected chi connectivity index (χ4v) is 5.44. The zero-order chi connectivity index (χ0) is 26.9. The number of carbonyl (C=O) groups is 1. The van der Waals surface area contributed by atoms with Gasteiger partial charge in [0.25, 0.3) is 0 Å². The van der Waals surface area contributed by atoms with E-state index in [1.165, 1.54) is 5.56 Å². The lowest BCUT2D eigenvalue weighted by atomic mass is 9.97. The van der Waals surface area contributed by atoms with Crippen molar-refractivity contribution in [2.24, 2.45) is 0 Å². The summed E-state index contributed by atoms with van der Waals surface area (Å²) in [5, 5.41) is 8.12. The van der Waals surface area contributed by atoms with E-state index in [1.807, 2.05) is 65.0 Å². The minimum Gasteiger partial charge on any atom is -0.334 e. The van der Waals surface area contributed by atoms with Gasteiger partial charge >= 0.3 is 6.03 Å². The summed E-state index contributed by atoms with van der Waals surface area (Å²) in [7, 11) is 0. The number of hydrogen-bond donors (Lipinski definition) is 1. The predicted octanol–water partition coefficient (Wildman–Crippen LogP) is 6.91. The molecule has 6 rings (SSSR count). The normalized spacial score (nSPS) is 14.6. The van der Waals surface area contributed by atoms with E-state index in [0.717, 1.165) is 39.6 Å². The van der Waals surface area contributed by atoms with Gasteiger partial charge in [-0.2, -0.15) is 5.10 Å². The van der Waals surface area contributed by atoms with Crippen LogP contribution in [0.2, 0.25) is 0 Å². The second-order valence-corrected chi connectivity index (χ2v) is 10.4. The summed E-state index contributed by atoms with van der Waals surface area (Å²) in [6, 6.07) is 32.7. The van der Waals surface area contributed by atoms with Crippen molar-refractivity contribution in [3.8, 4) is 11.5 Å². The summed E-state index contributed by atoms with van der Waals surface area (Å²) < 4.78 is 4.20. The lowest BCUT2D eigenvalue weighted by molar-refractivity contribution is 0.180. The van der Waals surface area contributed by atoms with Crippen molar-refractivity contribution in [2.45, 2.75) is 45.8 Å². The van der Waals surface area contributed by atoms with E-state index >= 15 is 0 Å². The number of rotatable bonds is 5. The molecule has 1 aliphatic heterocycles.